The van der Waals surface area contributed by atoms with Gasteiger partial charge in [0.25, 0.3) is 0 Å². The highest BCUT2D eigenvalue weighted by molar-refractivity contribution is 6.35. The molecule has 3 aromatic rings. The normalized spacial score (nSPS) is 19.7. The van der Waals surface area contributed by atoms with Crippen LogP contribution in [0.4, 0.5) is 0 Å². The number of fused-ring (bicyclic) bond motifs is 3. The number of rotatable bonds is 2. The number of pyridine rings is 1. The van der Waals surface area contributed by atoms with Crippen LogP contribution in [0.1, 0.15) is 38.8 Å². The van der Waals surface area contributed by atoms with Crippen LogP contribution in [0.3, 0.4) is 0 Å². The van der Waals surface area contributed by atoms with E-state index in [1.54, 1.807) is 6.20 Å². The van der Waals surface area contributed by atoms with Gasteiger partial charge in [-0.25, -0.2) is 4.98 Å². The zero-order chi connectivity index (χ0) is 17.9. The van der Waals surface area contributed by atoms with Crippen LogP contribution in [0.2, 0.25) is 5.02 Å². The van der Waals surface area contributed by atoms with E-state index < -0.39 is 0 Å². The Kier molecular flexibility index (Phi) is 3.66. The molecule has 0 saturated carbocycles. The molecule has 5 heterocycles. The molecule has 1 spiro atoms. The van der Waals surface area contributed by atoms with E-state index in [0.717, 1.165) is 28.8 Å². The van der Waals surface area contributed by atoms with Gasteiger partial charge >= 0.3 is 0 Å². The van der Waals surface area contributed by atoms with Crippen molar-refractivity contribution in [3.8, 4) is 11.3 Å². The summed E-state index contributed by atoms with van der Waals surface area (Å²) in [5, 5.41) is 6.56. The Morgan fingerprint density at radius 3 is 2.69 bits per heavy atom. The number of piperidine rings is 1. The number of nitrogens with zero attached hydrogens (tertiary/aromatic N) is 4. The summed E-state index contributed by atoms with van der Waals surface area (Å²) in [6, 6.07) is 5.02. The quantitative estimate of drug-likeness (QED) is 0.735. The number of aromatic amines is 1. The predicted molar refractivity (Wildman–Crippen MR) is 105 cm³/mol. The fraction of sp³-hybridized carbons (Fsp3) is 0.500. The SMILES string of the molecule is CC(C)N1CCC2(CC1)CCn1nc(-c3cnc4[nH]cc(Cl)c4c3)cc12. The van der Waals surface area contributed by atoms with E-state index in [-0.39, 0.29) is 0 Å². The van der Waals surface area contributed by atoms with Crippen LogP contribution in [0, 0.1) is 0 Å². The molecule has 136 valence electrons. The maximum atomic E-state index is 6.26. The zero-order valence-electron chi connectivity index (χ0n) is 15.3. The van der Waals surface area contributed by atoms with Gasteiger partial charge in [-0.15, -0.1) is 0 Å². The summed E-state index contributed by atoms with van der Waals surface area (Å²) in [5.41, 5.74) is 4.59. The fourth-order valence-electron chi connectivity index (χ4n) is 4.69. The lowest BCUT2D eigenvalue weighted by molar-refractivity contribution is 0.129. The third kappa shape index (κ3) is 2.41. The van der Waals surface area contributed by atoms with E-state index in [9.17, 15) is 0 Å². The molecule has 5 nitrogen and oxygen atoms in total. The Labute approximate surface area is 158 Å². The van der Waals surface area contributed by atoms with Gasteiger partial charge in [0.1, 0.15) is 5.65 Å². The molecule has 0 aliphatic carbocycles. The number of aryl methyl sites for hydroxylation is 1. The van der Waals surface area contributed by atoms with Gasteiger partial charge in [0, 0.05) is 47.0 Å². The Bertz CT molecular complexity index is 962. The minimum absolute atomic E-state index is 0.305. The zero-order valence-corrected chi connectivity index (χ0v) is 16.1. The standard InChI is InChI=1S/C20H24ClN5/c1-13(2)25-6-3-20(4-7-25)5-8-26-18(20)10-17(24-26)14-9-15-16(21)12-23-19(15)22-11-14/h9-13H,3-8H2,1-2H3,(H,22,23). The average molecular weight is 370 g/mol. The van der Waals surface area contributed by atoms with Gasteiger partial charge in [-0.3, -0.25) is 4.68 Å². The van der Waals surface area contributed by atoms with Crippen LogP contribution in [-0.2, 0) is 12.0 Å². The summed E-state index contributed by atoms with van der Waals surface area (Å²) < 4.78 is 2.23. The van der Waals surface area contributed by atoms with Gasteiger partial charge in [-0.1, -0.05) is 11.6 Å². The minimum Gasteiger partial charge on any atom is -0.345 e. The van der Waals surface area contributed by atoms with Crippen LogP contribution in [0.5, 0.6) is 0 Å². The second kappa shape index (κ2) is 5.83. The third-order valence-corrected chi connectivity index (χ3v) is 6.70. The van der Waals surface area contributed by atoms with E-state index in [0.29, 0.717) is 16.5 Å². The average Bonchev–Trinajstić information content (AvgIpc) is 3.32. The highest BCUT2D eigenvalue weighted by Crippen LogP contribution is 2.44. The molecule has 2 aliphatic heterocycles. The van der Waals surface area contributed by atoms with Crippen LogP contribution in [0.15, 0.2) is 24.5 Å². The van der Waals surface area contributed by atoms with Gasteiger partial charge < -0.3 is 9.88 Å². The molecule has 1 N–H and O–H groups in total. The molecule has 1 saturated heterocycles. The first kappa shape index (κ1) is 16.3. The Morgan fingerprint density at radius 2 is 1.92 bits per heavy atom. The minimum atomic E-state index is 0.305. The van der Waals surface area contributed by atoms with Crippen LogP contribution in [-0.4, -0.2) is 43.8 Å². The Morgan fingerprint density at radius 1 is 1.15 bits per heavy atom. The monoisotopic (exact) mass is 369 g/mol. The highest BCUT2D eigenvalue weighted by atomic mass is 35.5. The second-order valence-corrected chi connectivity index (χ2v) is 8.46. The van der Waals surface area contributed by atoms with Crippen LogP contribution < -0.4 is 0 Å². The van der Waals surface area contributed by atoms with Crippen molar-refractivity contribution in [2.24, 2.45) is 0 Å². The van der Waals surface area contributed by atoms with E-state index in [2.05, 4.69) is 45.5 Å². The predicted octanol–water partition coefficient (Wildman–Crippen LogP) is 4.23. The summed E-state index contributed by atoms with van der Waals surface area (Å²) in [6.07, 6.45) is 7.37. The third-order valence-electron chi connectivity index (χ3n) is 6.39. The van der Waals surface area contributed by atoms with Gasteiger partial charge in [-0.05, 0) is 58.3 Å². The molecule has 0 bridgehead atoms. The van der Waals surface area contributed by atoms with E-state index in [1.807, 2.05) is 6.20 Å². The van der Waals surface area contributed by atoms with Crippen LogP contribution in [0.25, 0.3) is 22.3 Å². The summed E-state index contributed by atoms with van der Waals surface area (Å²) in [4.78, 5) is 10.2. The molecular formula is C20H24ClN5. The molecule has 0 atom stereocenters. The van der Waals surface area contributed by atoms with Crippen molar-refractivity contribution in [2.75, 3.05) is 13.1 Å². The number of hydrogen-bond donors (Lipinski definition) is 1. The van der Waals surface area contributed by atoms with Gasteiger partial charge in [0.15, 0.2) is 0 Å². The number of H-pyrrole nitrogens is 1. The molecule has 26 heavy (non-hydrogen) atoms. The first-order valence-corrected chi connectivity index (χ1v) is 9.89. The molecule has 2 aliphatic rings. The van der Waals surface area contributed by atoms with Gasteiger partial charge in [-0.2, -0.15) is 5.10 Å². The fourth-order valence-corrected chi connectivity index (χ4v) is 4.89. The lowest BCUT2D eigenvalue weighted by Gasteiger charge is -2.40. The van der Waals surface area contributed by atoms with E-state index in [4.69, 9.17) is 16.7 Å². The van der Waals surface area contributed by atoms with Crippen molar-refractivity contribution < 1.29 is 0 Å². The Balaban J connectivity index is 1.48. The summed E-state index contributed by atoms with van der Waals surface area (Å²) in [5.74, 6) is 0. The van der Waals surface area contributed by atoms with Gasteiger partial charge in [0.05, 0.1) is 10.7 Å². The van der Waals surface area contributed by atoms with Crippen molar-refractivity contribution >= 4 is 22.6 Å². The smallest absolute Gasteiger partial charge is 0.138 e. The number of halogens is 1. The lowest BCUT2D eigenvalue weighted by Crippen LogP contribution is -2.44. The number of hydrogen-bond acceptors (Lipinski definition) is 3. The van der Waals surface area contributed by atoms with Crippen molar-refractivity contribution in [1.82, 2.24) is 24.6 Å². The summed E-state index contributed by atoms with van der Waals surface area (Å²) >= 11 is 6.26. The molecule has 0 aromatic carbocycles. The molecule has 3 aromatic heterocycles. The highest BCUT2D eigenvalue weighted by Gasteiger charge is 2.43. The second-order valence-electron chi connectivity index (χ2n) is 8.05. The number of nitrogens with one attached hydrogen (secondary N) is 1. The van der Waals surface area contributed by atoms with E-state index in [1.165, 1.54) is 38.0 Å². The number of likely N-dealkylation sites (tertiary alicyclic amines) is 1. The maximum Gasteiger partial charge on any atom is 0.138 e. The molecule has 0 amide bonds. The van der Waals surface area contributed by atoms with Crippen molar-refractivity contribution in [2.45, 2.75) is 51.1 Å². The molecule has 6 heteroatoms. The lowest BCUT2D eigenvalue weighted by atomic mass is 9.74. The van der Waals surface area contributed by atoms with Crippen molar-refractivity contribution in [3.05, 3.63) is 35.2 Å². The number of aromatic nitrogens is 4. The van der Waals surface area contributed by atoms with Crippen molar-refractivity contribution in [1.29, 1.82) is 0 Å². The molecular weight excluding hydrogens is 346 g/mol. The topological polar surface area (TPSA) is 49.7 Å². The van der Waals surface area contributed by atoms with Gasteiger partial charge in [0.2, 0.25) is 0 Å². The molecule has 0 unspecified atom stereocenters. The first-order chi connectivity index (χ1) is 12.6. The molecule has 1 fully saturated rings. The largest absolute Gasteiger partial charge is 0.345 e. The molecule has 5 rings (SSSR count). The summed E-state index contributed by atoms with van der Waals surface area (Å²) in [6.45, 7) is 7.99. The summed E-state index contributed by atoms with van der Waals surface area (Å²) in [7, 11) is 0. The van der Waals surface area contributed by atoms with Crippen LogP contribution >= 0.6 is 11.6 Å². The molecule has 0 radical (unpaired) electrons. The Hall–Kier alpha value is -1.85. The first-order valence-electron chi connectivity index (χ1n) is 9.51. The van der Waals surface area contributed by atoms with E-state index >= 15 is 0 Å². The maximum absolute atomic E-state index is 6.26. The van der Waals surface area contributed by atoms with Crippen molar-refractivity contribution in [3.63, 3.8) is 0 Å².